The van der Waals surface area contributed by atoms with Gasteiger partial charge in [-0.25, -0.2) is 9.59 Å². The zero-order valence-electron chi connectivity index (χ0n) is 31.0. The molecule has 0 fully saturated rings. The van der Waals surface area contributed by atoms with Gasteiger partial charge in [-0.3, -0.25) is 0 Å². The third-order valence-electron chi connectivity index (χ3n) is 8.41. The third-order valence-corrected chi connectivity index (χ3v) is 8.41. The summed E-state index contributed by atoms with van der Waals surface area (Å²) in [5.74, 6) is -0.509. The SMILES string of the molecule is C=C(C)C(=O)OCCCCCCCCCCCCCCCC.C=C(C)C(=O)OCCCCCCCCCCCCCCCCC. The van der Waals surface area contributed by atoms with Crippen molar-refractivity contribution in [3.63, 3.8) is 0 Å². The summed E-state index contributed by atoms with van der Waals surface area (Å²) < 4.78 is 10.2. The summed E-state index contributed by atoms with van der Waals surface area (Å²) in [5.41, 5.74) is 0.983. The smallest absolute Gasteiger partial charge is 0.333 e. The normalized spacial score (nSPS) is 10.7. The minimum absolute atomic E-state index is 0.254. The number of carbonyl (C=O) groups excluding carboxylic acids is 2. The van der Waals surface area contributed by atoms with E-state index < -0.39 is 0 Å². The first-order chi connectivity index (χ1) is 21.9. The van der Waals surface area contributed by atoms with Crippen LogP contribution in [0, 0.1) is 0 Å². The Morgan fingerprint density at radius 1 is 0.356 bits per heavy atom. The molecule has 0 spiro atoms. The topological polar surface area (TPSA) is 52.6 Å². The molecule has 0 aliphatic heterocycles. The summed E-state index contributed by atoms with van der Waals surface area (Å²) >= 11 is 0. The summed E-state index contributed by atoms with van der Waals surface area (Å²) in [6.45, 7) is 16.2. The molecule has 266 valence electrons. The number of unbranched alkanes of at least 4 members (excludes halogenated alkanes) is 27. The monoisotopic (exact) mass is 635 g/mol. The molecule has 0 unspecified atom stereocenters. The van der Waals surface area contributed by atoms with Gasteiger partial charge in [0.25, 0.3) is 0 Å². The van der Waals surface area contributed by atoms with Gasteiger partial charge in [0.1, 0.15) is 0 Å². The van der Waals surface area contributed by atoms with Crippen LogP contribution in [0.4, 0.5) is 0 Å². The van der Waals surface area contributed by atoms with Crippen LogP contribution in [0.2, 0.25) is 0 Å². The highest BCUT2D eigenvalue weighted by Gasteiger charge is 2.03. The summed E-state index contributed by atoms with van der Waals surface area (Å²) in [6.07, 6.45) is 39.1. The van der Waals surface area contributed by atoms with E-state index in [9.17, 15) is 9.59 Å². The van der Waals surface area contributed by atoms with Crippen molar-refractivity contribution < 1.29 is 19.1 Å². The standard InChI is InChI=1S/C21H40O2.C20H38O2/c1-4-5-6-7-8-9-10-11-12-13-14-15-16-17-18-19-23-21(22)20(2)3;1-4-5-6-7-8-9-10-11-12-13-14-15-16-17-18-22-20(21)19(2)3/h2,4-19H2,1,3H3;2,4-18H2,1,3H3. The van der Waals surface area contributed by atoms with Crippen molar-refractivity contribution >= 4 is 11.9 Å². The average molecular weight is 635 g/mol. The maximum Gasteiger partial charge on any atom is 0.333 e. The van der Waals surface area contributed by atoms with Gasteiger partial charge in [0.05, 0.1) is 13.2 Å². The van der Waals surface area contributed by atoms with Crippen molar-refractivity contribution in [2.75, 3.05) is 13.2 Å². The van der Waals surface area contributed by atoms with Gasteiger partial charge in [0.2, 0.25) is 0 Å². The molecular weight excluding hydrogens is 556 g/mol. The van der Waals surface area contributed by atoms with E-state index in [1.165, 1.54) is 173 Å². The number of esters is 2. The molecule has 0 radical (unpaired) electrons. The van der Waals surface area contributed by atoms with Crippen LogP contribution in [0.15, 0.2) is 24.3 Å². The molecule has 4 heteroatoms. The second-order valence-electron chi connectivity index (χ2n) is 13.4. The minimum atomic E-state index is -0.255. The first-order valence-corrected chi connectivity index (χ1v) is 19.5. The van der Waals surface area contributed by atoms with Gasteiger partial charge in [-0.15, -0.1) is 0 Å². The van der Waals surface area contributed by atoms with E-state index >= 15 is 0 Å². The molecule has 0 aliphatic rings. The number of ether oxygens (including phenoxy) is 2. The van der Waals surface area contributed by atoms with E-state index in [0.717, 1.165) is 12.8 Å². The summed E-state index contributed by atoms with van der Waals surface area (Å²) in [4.78, 5) is 22.3. The van der Waals surface area contributed by atoms with Crippen molar-refractivity contribution in [1.82, 2.24) is 0 Å². The number of hydrogen-bond acceptors (Lipinski definition) is 4. The van der Waals surface area contributed by atoms with Crippen LogP contribution in [0.5, 0.6) is 0 Å². The van der Waals surface area contributed by atoms with Crippen LogP contribution < -0.4 is 0 Å². The Hall–Kier alpha value is -1.58. The second kappa shape index (κ2) is 38.6. The molecule has 0 rings (SSSR count). The fourth-order valence-electron chi connectivity index (χ4n) is 5.35. The highest BCUT2D eigenvalue weighted by molar-refractivity contribution is 5.87. The Balaban J connectivity index is 0. The fraction of sp³-hybridized carbons (Fsp3) is 0.854. The number of hydrogen-bond donors (Lipinski definition) is 0. The van der Waals surface area contributed by atoms with Crippen molar-refractivity contribution in [2.24, 2.45) is 0 Å². The zero-order chi connectivity index (χ0) is 33.6. The molecule has 0 atom stereocenters. The molecule has 0 aliphatic carbocycles. The Kier molecular flexibility index (Phi) is 39.1. The van der Waals surface area contributed by atoms with Crippen LogP contribution in [-0.2, 0) is 19.1 Å². The van der Waals surface area contributed by atoms with Crippen LogP contribution in [0.3, 0.4) is 0 Å². The zero-order valence-corrected chi connectivity index (χ0v) is 31.0. The lowest BCUT2D eigenvalue weighted by molar-refractivity contribution is -0.139. The predicted molar refractivity (Wildman–Crippen MR) is 197 cm³/mol. The highest BCUT2D eigenvalue weighted by atomic mass is 16.5. The van der Waals surface area contributed by atoms with Crippen molar-refractivity contribution in [3.05, 3.63) is 24.3 Å². The van der Waals surface area contributed by atoms with Crippen LogP contribution in [0.1, 0.15) is 214 Å². The minimum Gasteiger partial charge on any atom is -0.462 e. The van der Waals surface area contributed by atoms with Gasteiger partial charge in [0.15, 0.2) is 0 Å². The lowest BCUT2D eigenvalue weighted by Gasteiger charge is -2.05. The largest absolute Gasteiger partial charge is 0.462 e. The third kappa shape index (κ3) is 40.4. The van der Waals surface area contributed by atoms with Gasteiger partial charge in [-0.05, 0) is 26.7 Å². The van der Waals surface area contributed by atoms with Crippen molar-refractivity contribution in [1.29, 1.82) is 0 Å². The summed E-state index contributed by atoms with van der Waals surface area (Å²) in [7, 11) is 0. The van der Waals surface area contributed by atoms with Crippen molar-refractivity contribution in [3.8, 4) is 0 Å². The molecule has 0 aromatic rings. The molecule has 0 heterocycles. The van der Waals surface area contributed by atoms with E-state index in [1.807, 2.05) is 0 Å². The molecule has 0 aromatic carbocycles. The number of carbonyl (C=O) groups is 2. The molecule has 0 aromatic heterocycles. The second-order valence-corrected chi connectivity index (χ2v) is 13.4. The molecule has 45 heavy (non-hydrogen) atoms. The maximum atomic E-state index is 11.2. The van der Waals surface area contributed by atoms with Crippen LogP contribution in [0.25, 0.3) is 0 Å². The fourth-order valence-corrected chi connectivity index (χ4v) is 5.35. The molecular formula is C41H78O4. The maximum absolute atomic E-state index is 11.2. The van der Waals surface area contributed by atoms with Crippen LogP contribution in [-0.4, -0.2) is 25.2 Å². The van der Waals surface area contributed by atoms with Gasteiger partial charge < -0.3 is 9.47 Å². The molecule has 0 bridgehead atoms. The Labute approximate surface area is 282 Å². The Bertz CT molecular complexity index is 668. The van der Waals surface area contributed by atoms with Crippen molar-refractivity contribution in [2.45, 2.75) is 214 Å². The summed E-state index contributed by atoms with van der Waals surface area (Å²) in [5, 5.41) is 0. The first-order valence-electron chi connectivity index (χ1n) is 19.5. The quantitative estimate of drug-likeness (QED) is 0.0409. The van der Waals surface area contributed by atoms with E-state index in [2.05, 4.69) is 27.0 Å². The van der Waals surface area contributed by atoms with Gasteiger partial charge in [0, 0.05) is 11.1 Å². The Morgan fingerprint density at radius 2 is 0.533 bits per heavy atom. The molecule has 0 saturated carbocycles. The lowest BCUT2D eigenvalue weighted by atomic mass is 10.0. The van der Waals surface area contributed by atoms with E-state index in [1.54, 1.807) is 13.8 Å². The predicted octanol–water partition coefficient (Wildman–Crippen LogP) is 13.6. The molecule has 0 N–H and O–H groups in total. The van der Waals surface area contributed by atoms with E-state index in [-0.39, 0.29) is 11.9 Å². The number of rotatable bonds is 33. The molecule has 4 nitrogen and oxygen atoms in total. The lowest BCUT2D eigenvalue weighted by Crippen LogP contribution is -2.05. The van der Waals surface area contributed by atoms with Gasteiger partial charge >= 0.3 is 11.9 Å². The van der Waals surface area contributed by atoms with E-state index in [4.69, 9.17) is 9.47 Å². The average Bonchev–Trinajstić information content (AvgIpc) is 3.02. The van der Waals surface area contributed by atoms with E-state index in [0.29, 0.717) is 24.4 Å². The van der Waals surface area contributed by atoms with Gasteiger partial charge in [-0.2, -0.15) is 0 Å². The molecule has 0 saturated heterocycles. The van der Waals surface area contributed by atoms with Gasteiger partial charge in [-0.1, -0.05) is 200 Å². The molecule has 0 amide bonds. The van der Waals surface area contributed by atoms with Crippen LogP contribution >= 0.6 is 0 Å². The first kappa shape index (κ1) is 45.5. The highest BCUT2D eigenvalue weighted by Crippen LogP contribution is 2.14. The summed E-state index contributed by atoms with van der Waals surface area (Å²) in [6, 6.07) is 0. The Morgan fingerprint density at radius 3 is 0.711 bits per heavy atom.